The van der Waals surface area contributed by atoms with Crippen LogP contribution in [0.25, 0.3) is 0 Å². The van der Waals surface area contributed by atoms with Gasteiger partial charge in [-0.1, -0.05) is 0 Å². The summed E-state index contributed by atoms with van der Waals surface area (Å²) in [5.74, 6) is 0. The van der Waals surface area contributed by atoms with Crippen LogP contribution in [0, 0.1) is 0 Å². The smallest absolute Gasteiger partial charge is 0.270 e. The highest BCUT2D eigenvalue weighted by Crippen LogP contribution is 2.11. The van der Waals surface area contributed by atoms with E-state index in [-0.39, 0.29) is 6.42 Å². The highest BCUT2D eigenvalue weighted by molar-refractivity contribution is 7.86. The van der Waals surface area contributed by atoms with Crippen molar-refractivity contribution >= 4 is 10.1 Å². The van der Waals surface area contributed by atoms with Gasteiger partial charge in [-0.05, 0) is 20.3 Å². The lowest BCUT2D eigenvalue weighted by atomic mass is 10.1. The Labute approximate surface area is 71.8 Å². The zero-order valence-electron chi connectivity index (χ0n) is 7.01. The minimum Gasteiger partial charge on any atom is -0.393 e. The molecular weight excluding hydrogens is 184 g/mol. The molecule has 5 nitrogen and oxygen atoms in total. The predicted molar refractivity (Wildman–Crippen MR) is 43.3 cm³/mol. The summed E-state index contributed by atoms with van der Waals surface area (Å²) in [6.07, 6.45) is -2.22. The molecule has 0 fully saturated rings. The fourth-order valence-electron chi connectivity index (χ4n) is 0.904. The Morgan fingerprint density at radius 1 is 1.25 bits per heavy atom. The Kier molecular flexibility index (Phi) is 4.12. The minimum absolute atomic E-state index is 0.170. The van der Waals surface area contributed by atoms with Crippen LogP contribution in [0.4, 0.5) is 0 Å². The zero-order valence-corrected chi connectivity index (χ0v) is 7.82. The third-order valence-corrected chi connectivity index (χ3v) is 2.85. The van der Waals surface area contributed by atoms with E-state index in [0.717, 1.165) is 0 Å². The monoisotopic (exact) mass is 198 g/mol. The molecule has 3 atom stereocenters. The Bertz CT molecular complexity index is 218. The molecule has 0 aliphatic carbocycles. The number of hydrogen-bond acceptors (Lipinski definition) is 4. The molecule has 0 aromatic rings. The Morgan fingerprint density at radius 3 is 1.75 bits per heavy atom. The van der Waals surface area contributed by atoms with Gasteiger partial charge < -0.3 is 10.2 Å². The van der Waals surface area contributed by atoms with Crippen molar-refractivity contribution in [2.24, 2.45) is 0 Å². The SMILES string of the molecule is CC(O)CC(C(C)O)S(=O)(=O)O. The van der Waals surface area contributed by atoms with E-state index in [4.69, 9.17) is 14.8 Å². The van der Waals surface area contributed by atoms with Crippen LogP contribution in [0.3, 0.4) is 0 Å². The van der Waals surface area contributed by atoms with E-state index in [2.05, 4.69) is 0 Å². The first-order chi connectivity index (χ1) is 5.25. The van der Waals surface area contributed by atoms with Gasteiger partial charge in [-0.3, -0.25) is 4.55 Å². The normalized spacial score (nSPS) is 20.1. The van der Waals surface area contributed by atoms with E-state index >= 15 is 0 Å². The van der Waals surface area contributed by atoms with E-state index in [0.29, 0.717) is 0 Å². The van der Waals surface area contributed by atoms with Gasteiger partial charge in [0.15, 0.2) is 0 Å². The lowest BCUT2D eigenvalue weighted by molar-refractivity contribution is 0.133. The molecule has 0 aliphatic heterocycles. The Hall–Kier alpha value is -0.170. The van der Waals surface area contributed by atoms with Crippen LogP contribution >= 0.6 is 0 Å². The third kappa shape index (κ3) is 4.01. The van der Waals surface area contributed by atoms with Crippen LogP contribution in [0.2, 0.25) is 0 Å². The molecular formula is C6H14O5S. The average Bonchev–Trinajstić information content (AvgIpc) is 1.79. The molecule has 0 bridgehead atoms. The van der Waals surface area contributed by atoms with Gasteiger partial charge in [0.1, 0.15) is 5.25 Å². The second-order valence-electron chi connectivity index (χ2n) is 2.88. The molecule has 0 saturated heterocycles. The maximum atomic E-state index is 10.6. The molecule has 0 radical (unpaired) electrons. The molecule has 6 heteroatoms. The molecule has 0 spiro atoms. The maximum Gasteiger partial charge on any atom is 0.270 e. The molecule has 3 N–H and O–H groups in total. The summed E-state index contributed by atoms with van der Waals surface area (Å²) in [6, 6.07) is 0. The summed E-state index contributed by atoms with van der Waals surface area (Å²) in [5, 5.41) is 16.5. The summed E-state index contributed by atoms with van der Waals surface area (Å²) in [6.45, 7) is 2.64. The second kappa shape index (κ2) is 4.18. The zero-order chi connectivity index (χ0) is 9.94. The first-order valence-electron chi connectivity index (χ1n) is 3.57. The standard InChI is InChI=1S/C6H14O5S/c1-4(7)3-6(5(2)8)12(9,10)11/h4-8H,3H2,1-2H3,(H,9,10,11). The quantitative estimate of drug-likeness (QED) is 0.524. The Morgan fingerprint density at radius 2 is 1.67 bits per heavy atom. The van der Waals surface area contributed by atoms with Crippen LogP contribution in [-0.2, 0) is 10.1 Å². The van der Waals surface area contributed by atoms with Gasteiger partial charge in [0.05, 0.1) is 12.2 Å². The van der Waals surface area contributed by atoms with Crippen molar-refractivity contribution in [3.05, 3.63) is 0 Å². The summed E-state index contributed by atoms with van der Waals surface area (Å²) in [5.41, 5.74) is 0. The first kappa shape index (κ1) is 11.8. The molecule has 74 valence electrons. The van der Waals surface area contributed by atoms with Crippen molar-refractivity contribution in [2.75, 3.05) is 0 Å². The van der Waals surface area contributed by atoms with Gasteiger partial charge >= 0.3 is 0 Å². The number of hydrogen-bond donors (Lipinski definition) is 3. The number of rotatable bonds is 4. The topological polar surface area (TPSA) is 94.8 Å². The molecule has 3 unspecified atom stereocenters. The fraction of sp³-hybridized carbons (Fsp3) is 1.00. The predicted octanol–water partition coefficient (Wildman–Crippen LogP) is -0.605. The van der Waals surface area contributed by atoms with Crippen molar-refractivity contribution < 1.29 is 23.2 Å². The van der Waals surface area contributed by atoms with Gasteiger partial charge in [0, 0.05) is 0 Å². The number of aliphatic hydroxyl groups is 2. The number of aliphatic hydroxyl groups excluding tert-OH is 2. The van der Waals surface area contributed by atoms with Crippen LogP contribution in [0.1, 0.15) is 20.3 Å². The van der Waals surface area contributed by atoms with Crippen LogP contribution in [0.5, 0.6) is 0 Å². The molecule has 0 aliphatic rings. The molecule has 0 amide bonds. The lowest BCUT2D eigenvalue weighted by Crippen LogP contribution is -2.34. The van der Waals surface area contributed by atoms with Gasteiger partial charge in [-0.2, -0.15) is 8.42 Å². The van der Waals surface area contributed by atoms with E-state index < -0.39 is 27.6 Å². The van der Waals surface area contributed by atoms with Gasteiger partial charge in [0.2, 0.25) is 0 Å². The van der Waals surface area contributed by atoms with E-state index in [9.17, 15) is 8.42 Å². The van der Waals surface area contributed by atoms with Gasteiger partial charge in [-0.25, -0.2) is 0 Å². The highest BCUT2D eigenvalue weighted by atomic mass is 32.2. The van der Waals surface area contributed by atoms with Crippen LogP contribution in [-0.4, -0.2) is 40.6 Å². The molecule has 0 rings (SSSR count). The molecule has 0 aromatic carbocycles. The third-order valence-electron chi connectivity index (χ3n) is 1.49. The highest BCUT2D eigenvalue weighted by Gasteiger charge is 2.29. The molecule has 12 heavy (non-hydrogen) atoms. The molecule has 0 heterocycles. The molecule has 0 aromatic heterocycles. The Balaban J connectivity index is 4.47. The maximum absolute atomic E-state index is 10.6. The van der Waals surface area contributed by atoms with Gasteiger partial charge in [0.25, 0.3) is 10.1 Å². The van der Waals surface area contributed by atoms with Crippen molar-refractivity contribution in [3.8, 4) is 0 Å². The summed E-state index contributed by atoms with van der Waals surface area (Å²) in [7, 11) is -4.27. The lowest BCUT2D eigenvalue weighted by Gasteiger charge is -2.17. The van der Waals surface area contributed by atoms with Gasteiger partial charge in [-0.15, -0.1) is 0 Å². The van der Waals surface area contributed by atoms with Crippen molar-refractivity contribution in [2.45, 2.75) is 37.7 Å². The molecule has 0 saturated carbocycles. The van der Waals surface area contributed by atoms with E-state index in [1.54, 1.807) is 0 Å². The summed E-state index contributed by atoms with van der Waals surface area (Å²) in [4.78, 5) is 0. The van der Waals surface area contributed by atoms with Crippen molar-refractivity contribution in [1.29, 1.82) is 0 Å². The first-order valence-corrected chi connectivity index (χ1v) is 5.08. The average molecular weight is 198 g/mol. The van der Waals surface area contributed by atoms with Crippen LogP contribution in [0.15, 0.2) is 0 Å². The van der Waals surface area contributed by atoms with E-state index in [1.165, 1.54) is 13.8 Å². The summed E-state index contributed by atoms with van der Waals surface area (Å²) >= 11 is 0. The van der Waals surface area contributed by atoms with E-state index in [1.807, 2.05) is 0 Å². The van der Waals surface area contributed by atoms with Crippen LogP contribution < -0.4 is 0 Å². The largest absolute Gasteiger partial charge is 0.393 e. The van der Waals surface area contributed by atoms with Crippen molar-refractivity contribution in [3.63, 3.8) is 0 Å². The van der Waals surface area contributed by atoms with Crippen molar-refractivity contribution in [1.82, 2.24) is 0 Å². The second-order valence-corrected chi connectivity index (χ2v) is 4.51. The fourth-order valence-corrected chi connectivity index (χ4v) is 1.92. The summed E-state index contributed by atoms with van der Waals surface area (Å²) < 4.78 is 29.8. The minimum atomic E-state index is -4.27.